The number of piperazine rings is 1. The van der Waals surface area contributed by atoms with Crippen molar-refractivity contribution in [3.63, 3.8) is 0 Å². The van der Waals surface area contributed by atoms with Crippen LogP contribution in [0.2, 0.25) is 0 Å². The molecule has 1 heterocycles. The Labute approximate surface area is 131 Å². The Hall–Kier alpha value is -0.120. The summed E-state index contributed by atoms with van der Waals surface area (Å²) in [5, 5.41) is 3.86. The minimum atomic E-state index is 0.356. The second kappa shape index (κ2) is 7.94. The summed E-state index contributed by atoms with van der Waals surface area (Å²) in [6.07, 6.45) is 6.44. The number of hydrogen-bond acceptors (Lipinski definition) is 3. The van der Waals surface area contributed by atoms with Gasteiger partial charge in [0.1, 0.15) is 0 Å². The van der Waals surface area contributed by atoms with Crippen molar-refractivity contribution in [3.8, 4) is 0 Å². The van der Waals surface area contributed by atoms with Crippen LogP contribution in [0.15, 0.2) is 0 Å². The van der Waals surface area contributed by atoms with Crippen molar-refractivity contribution in [2.45, 2.75) is 71.4 Å². The van der Waals surface area contributed by atoms with Crippen LogP contribution in [-0.2, 0) is 4.74 Å². The number of hydrogen-bond donors (Lipinski definition) is 1. The smallest absolute Gasteiger partial charge is 0.0478 e. The van der Waals surface area contributed by atoms with E-state index < -0.39 is 0 Å². The van der Waals surface area contributed by atoms with Gasteiger partial charge in [-0.3, -0.25) is 4.90 Å². The van der Waals surface area contributed by atoms with E-state index in [4.69, 9.17) is 4.74 Å². The number of nitrogens with zero attached hydrogens (tertiary/aromatic N) is 1. The van der Waals surface area contributed by atoms with Gasteiger partial charge in [0, 0.05) is 44.4 Å². The first kappa shape index (κ1) is 17.2. The fourth-order valence-corrected chi connectivity index (χ4v) is 3.68. The van der Waals surface area contributed by atoms with Crippen molar-refractivity contribution in [1.82, 2.24) is 10.2 Å². The Morgan fingerprint density at radius 2 is 1.95 bits per heavy atom. The largest absolute Gasteiger partial charge is 0.381 e. The summed E-state index contributed by atoms with van der Waals surface area (Å²) in [6.45, 7) is 14.8. The molecule has 2 rings (SSSR count). The Bertz CT molecular complexity index is 304. The number of ether oxygens (including phenoxy) is 1. The van der Waals surface area contributed by atoms with Crippen LogP contribution in [0.3, 0.4) is 0 Å². The molecule has 0 aromatic heterocycles. The van der Waals surface area contributed by atoms with E-state index in [1.165, 1.54) is 45.2 Å². The molecule has 1 saturated carbocycles. The van der Waals surface area contributed by atoms with Gasteiger partial charge < -0.3 is 10.1 Å². The van der Waals surface area contributed by atoms with Gasteiger partial charge in [0.25, 0.3) is 0 Å². The van der Waals surface area contributed by atoms with E-state index >= 15 is 0 Å². The number of rotatable bonds is 9. The summed E-state index contributed by atoms with van der Waals surface area (Å²) in [6, 6.07) is 0.687. The molecule has 0 amide bonds. The van der Waals surface area contributed by atoms with Crippen molar-refractivity contribution >= 4 is 0 Å². The first-order chi connectivity index (χ1) is 10.1. The van der Waals surface area contributed by atoms with E-state index in [9.17, 15) is 0 Å². The summed E-state index contributed by atoms with van der Waals surface area (Å²) >= 11 is 0. The number of unbranched alkanes of at least 4 members (excludes halogenated alkanes) is 1. The van der Waals surface area contributed by atoms with Crippen LogP contribution in [0.1, 0.15) is 59.8 Å². The highest BCUT2D eigenvalue weighted by atomic mass is 16.5. The SMILES string of the molecule is CCCCOCCCN1CC(C)(C2CC2)NCC1C(C)C. The van der Waals surface area contributed by atoms with Gasteiger partial charge in [-0.15, -0.1) is 0 Å². The van der Waals surface area contributed by atoms with Crippen molar-refractivity contribution < 1.29 is 4.74 Å². The van der Waals surface area contributed by atoms with Crippen molar-refractivity contribution in [1.29, 1.82) is 0 Å². The Morgan fingerprint density at radius 1 is 1.24 bits per heavy atom. The lowest BCUT2D eigenvalue weighted by Gasteiger charge is -2.48. The van der Waals surface area contributed by atoms with Crippen LogP contribution in [0.25, 0.3) is 0 Å². The van der Waals surface area contributed by atoms with Crippen LogP contribution >= 0.6 is 0 Å². The lowest BCUT2D eigenvalue weighted by Crippen LogP contribution is -2.65. The van der Waals surface area contributed by atoms with Gasteiger partial charge in [-0.1, -0.05) is 27.2 Å². The van der Waals surface area contributed by atoms with Gasteiger partial charge in [-0.05, 0) is 44.4 Å². The minimum absolute atomic E-state index is 0.356. The van der Waals surface area contributed by atoms with E-state index in [1.807, 2.05) is 0 Å². The molecule has 0 aromatic carbocycles. The molecule has 2 aliphatic rings. The van der Waals surface area contributed by atoms with E-state index in [-0.39, 0.29) is 0 Å². The van der Waals surface area contributed by atoms with Gasteiger partial charge in [0.2, 0.25) is 0 Å². The molecule has 3 heteroatoms. The Kier molecular flexibility index (Phi) is 6.51. The van der Waals surface area contributed by atoms with Gasteiger partial charge in [0.15, 0.2) is 0 Å². The molecule has 1 aliphatic heterocycles. The highest BCUT2D eigenvalue weighted by molar-refractivity contribution is 5.04. The van der Waals surface area contributed by atoms with Crippen molar-refractivity contribution in [2.24, 2.45) is 11.8 Å². The fourth-order valence-electron chi connectivity index (χ4n) is 3.68. The predicted octanol–water partition coefficient (Wildman–Crippen LogP) is 3.29. The maximum atomic E-state index is 5.73. The molecule has 3 nitrogen and oxygen atoms in total. The zero-order valence-electron chi connectivity index (χ0n) is 14.7. The molecule has 0 bridgehead atoms. The highest BCUT2D eigenvalue weighted by Crippen LogP contribution is 2.41. The third-order valence-electron chi connectivity index (χ3n) is 5.34. The molecule has 2 unspecified atom stereocenters. The van der Waals surface area contributed by atoms with Gasteiger partial charge in [0.05, 0.1) is 0 Å². The van der Waals surface area contributed by atoms with E-state index in [2.05, 4.69) is 37.9 Å². The lowest BCUT2D eigenvalue weighted by atomic mass is 9.88. The highest BCUT2D eigenvalue weighted by Gasteiger charge is 2.46. The van der Waals surface area contributed by atoms with E-state index in [0.717, 1.165) is 31.6 Å². The zero-order chi connectivity index (χ0) is 15.3. The molecule has 21 heavy (non-hydrogen) atoms. The topological polar surface area (TPSA) is 24.5 Å². The minimum Gasteiger partial charge on any atom is -0.381 e. The maximum Gasteiger partial charge on any atom is 0.0478 e. The Morgan fingerprint density at radius 3 is 2.57 bits per heavy atom. The first-order valence-corrected chi connectivity index (χ1v) is 9.13. The zero-order valence-corrected chi connectivity index (χ0v) is 14.7. The Balaban J connectivity index is 1.77. The predicted molar refractivity (Wildman–Crippen MR) is 89.7 cm³/mol. The molecular weight excluding hydrogens is 260 g/mol. The molecule has 0 radical (unpaired) electrons. The van der Waals surface area contributed by atoms with Crippen LogP contribution in [0, 0.1) is 11.8 Å². The molecule has 1 saturated heterocycles. The van der Waals surface area contributed by atoms with E-state index in [1.54, 1.807) is 0 Å². The first-order valence-electron chi connectivity index (χ1n) is 9.13. The standard InChI is InChI=1S/C18H36N2O/c1-5-6-11-21-12-7-10-20-14-18(4,16-8-9-16)19-13-17(20)15(2)3/h15-17,19H,5-14H2,1-4H3. The third kappa shape index (κ3) is 4.94. The number of nitrogens with one attached hydrogen (secondary N) is 1. The second-order valence-corrected chi connectivity index (χ2v) is 7.67. The van der Waals surface area contributed by atoms with Crippen LogP contribution < -0.4 is 5.32 Å². The van der Waals surface area contributed by atoms with Crippen LogP contribution in [0.5, 0.6) is 0 Å². The molecular formula is C18H36N2O. The lowest BCUT2D eigenvalue weighted by molar-refractivity contribution is 0.0410. The van der Waals surface area contributed by atoms with E-state index in [0.29, 0.717) is 11.6 Å². The fraction of sp³-hybridized carbons (Fsp3) is 1.00. The third-order valence-corrected chi connectivity index (χ3v) is 5.34. The average molecular weight is 296 g/mol. The molecule has 1 aliphatic carbocycles. The summed E-state index contributed by atoms with van der Waals surface area (Å²) in [5.41, 5.74) is 0.356. The normalized spacial score (nSPS) is 31.0. The molecule has 0 aromatic rings. The molecule has 1 N–H and O–H groups in total. The van der Waals surface area contributed by atoms with Crippen LogP contribution in [-0.4, -0.2) is 49.3 Å². The van der Waals surface area contributed by atoms with Gasteiger partial charge >= 0.3 is 0 Å². The summed E-state index contributed by atoms with van der Waals surface area (Å²) < 4.78 is 5.73. The quantitative estimate of drug-likeness (QED) is 0.661. The van der Waals surface area contributed by atoms with Crippen molar-refractivity contribution in [2.75, 3.05) is 32.8 Å². The van der Waals surface area contributed by atoms with Gasteiger partial charge in [-0.2, -0.15) is 0 Å². The second-order valence-electron chi connectivity index (χ2n) is 7.67. The molecule has 2 fully saturated rings. The maximum absolute atomic E-state index is 5.73. The molecule has 0 spiro atoms. The average Bonchev–Trinajstić information content (AvgIpc) is 3.27. The molecule has 2 atom stereocenters. The van der Waals surface area contributed by atoms with Crippen LogP contribution in [0.4, 0.5) is 0 Å². The van der Waals surface area contributed by atoms with Gasteiger partial charge in [-0.25, -0.2) is 0 Å². The summed E-state index contributed by atoms with van der Waals surface area (Å²) in [5.74, 6) is 1.64. The summed E-state index contributed by atoms with van der Waals surface area (Å²) in [4.78, 5) is 2.74. The summed E-state index contributed by atoms with van der Waals surface area (Å²) in [7, 11) is 0. The van der Waals surface area contributed by atoms with Crippen molar-refractivity contribution in [3.05, 3.63) is 0 Å². The monoisotopic (exact) mass is 296 g/mol. The molecule has 124 valence electrons.